The van der Waals surface area contributed by atoms with Crippen molar-refractivity contribution in [3.8, 4) is 5.75 Å². The van der Waals surface area contributed by atoms with Crippen LogP contribution < -0.4 is 5.19 Å². The number of allylic oxidation sites excluding steroid dienone is 5. The van der Waals surface area contributed by atoms with Crippen molar-refractivity contribution in [2.24, 2.45) is 4.99 Å². The Morgan fingerprint density at radius 2 is 2.07 bits per heavy atom. The molecule has 1 unspecified atom stereocenters. The van der Waals surface area contributed by atoms with Gasteiger partial charge in [0.05, 0.1) is 19.2 Å². The molecule has 1 atom stereocenters. The number of ketones is 1. The molecule has 136 valence electrons. The number of aromatic hydroxyl groups is 1. The van der Waals surface area contributed by atoms with Crippen molar-refractivity contribution in [3.05, 3.63) is 65.6 Å². The highest BCUT2D eigenvalue weighted by Gasteiger charge is 2.44. The number of thiophene rings is 1. The number of carbonyl (C=O) groups is 1. The van der Waals surface area contributed by atoms with Gasteiger partial charge in [0.15, 0.2) is 5.78 Å². The van der Waals surface area contributed by atoms with Crippen LogP contribution in [0.2, 0.25) is 12.6 Å². The zero-order valence-electron chi connectivity index (χ0n) is 14.4. The Bertz CT molecular complexity index is 1100. The van der Waals surface area contributed by atoms with Gasteiger partial charge in [0.25, 0.3) is 0 Å². The Kier molecular flexibility index (Phi) is 5.06. The minimum absolute atomic E-state index is 0.0338. The third-order valence-corrected chi connectivity index (χ3v) is 12.4. The summed E-state index contributed by atoms with van der Waals surface area (Å²) in [5, 5.41) is 12.2. The summed E-state index contributed by atoms with van der Waals surface area (Å²) in [6.07, 6.45) is 5.41. The second kappa shape index (κ2) is 7.09. The van der Waals surface area contributed by atoms with Crippen LogP contribution in [-0.4, -0.2) is 24.7 Å². The molecule has 2 aliphatic rings. The number of aliphatic imine (C=N–C) groups is 1. The van der Waals surface area contributed by atoms with Crippen LogP contribution in [0.5, 0.6) is 5.75 Å². The van der Waals surface area contributed by atoms with Gasteiger partial charge in [0.1, 0.15) is 13.8 Å². The number of fused-ring (bicyclic) bond motifs is 2. The normalized spacial score (nSPS) is 21.0. The van der Waals surface area contributed by atoms with E-state index in [1.807, 2.05) is 24.3 Å². The van der Waals surface area contributed by atoms with Crippen molar-refractivity contribution >= 4 is 92.5 Å². The van der Waals surface area contributed by atoms with Gasteiger partial charge < -0.3 is 5.11 Å². The number of nitrogens with zero attached hydrogens (tertiary/aromatic N) is 1. The summed E-state index contributed by atoms with van der Waals surface area (Å²) in [5.41, 5.74) is 2.54. The second-order valence-electron chi connectivity index (χ2n) is 6.70. The summed E-state index contributed by atoms with van der Waals surface area (Å²) in [6.45, 7) is 6.22. The van der Waals surface area contributed by atoms with Crippen LogP contribution in [-0.2, 0) is 4.79 Å². The molecule has 0 bridgehead atoms. The first-order valence-corrected chi connectivity index (χ1v) is 14.0. The van der Waals surface area contributed by atoms with Crippen molar-refractivity contribution < 1.29 is 9.90 Å². The molecule has 0 amide bonds. The minimum Gasteiger partial charge on any atom is -0.508 e. The summed E-state index contributed by atoms with van der Waals surface area (Å²) < 4.78 is 2.24. The largest absolute Gasteiger partial charge is 0.508 e. The van der Waals surface area contributed by atoms with E-state index in [0.717, 1.165) is 44.7 Å². The molecule has 4 rings (SSSR count). The third-order valence-electron chi connectivity index (χ3n) is 4.95. The van der Waals surface area contributed by atoms with E-state index in [9.17, 15) is 9.90 Å². The first-order chi connectivity index (χ1) is 12.8. The first-order valence-electron chi connectivity index (χ1n) is 8.31. The van der Waals surface area contributed by atoms with Crippen LogP contribution in [0.3, 0.4) is 0 Å². The van der Waals surface area contributed by atoms with Crippen molar-refractivity contribution in [1.29, 1.82) is 0 Å². The maximum atomic E-state index is 13.0. The molecular formula is C20H15I2NO2SSi. The minimum atomic E-state index is -2.35. The third kappa shape index (κ3) is 3.12. The molecule has 1 aromatic heterocycles. The van der Waals surface area contributed by atoms with Crippen molar-refractivity contribution in [2.75, 3.05) is 0 Å². The van der Waals surface area contributed by atoms with Crippen LogP contribution in [0.25, 0.3) is 5.57 Å². The number of halogens is 2. The Hall–Kier alpha value is -1.04. The molecule has 1 aromatic carbocycles. The standard InChI is InChI=1S/C20H15I2NO2SSi/c1-3-8-27(2)16-9-11(24)4-5-13(16)23-14-6-7-15(25)18(20(14)27)19-12(21)10-17(22)26-19/h3-7,9-10,24H,1,8H2,2H3. The summed E-state index contributed by atoms with van der Waals surface area (Å²) in [6, 6.07) is 8.24. The van der Waals surface area contributed by atoms with Gasteiger partial charge in [0, 0.05) is 9.14 Å². The number of hydrogen-bond acceptors (Lipinski definition) is 4. The van der Waals surface area contributed by atoms with Crippen LogP contribution in [0, 0.1) is 6.45 Å². The zero-order valence-corrected chi connectivity index (χ0v) is 20.6. The van der Waals surface area contributed by atoms with Gasteiger partial charge in [-0.15, -0.1) is 17.9 Å². The monoisotopic (exact) mass is 615 g/mol. The number of phenols is 1. The number of benzene rings is 1. The Morgan fingerprint density at radius 1 is 1.30 bits per heavy atom. The van der Waals surface area contributed by atoms with Gasteiger partial charge in [0.2, 0.25) is 0 Å². The number of carbonyl (C=O) groups excluding carboxylic acids is 1. The maximum absolute atomic E-state index is 13.0. The average molecular weight is 615 g/mol. The second-order valence-corrected chi connectivity index (χ2v) is 14.9. The lowest BCUT2D eigenvalue weighted by atomic mass is 10.0. The smallest absolute Gasteiger partial charge is 0.187 e. The molecule has 0 radical (unpaired) electrons. The van der Waals surface area contributed by atoms with Gasteiger partial charge in [-0.2, -0.15) is 0 Å². The van der Waals surface area contributed by atoms with Gasteiger partial charge in [-0.05, 0) is 98.0 Å². The molecule has 0 fully saturated rings. The maximum Gasteiger partial charge on any atom is 0.187 e. The highest BCUT2D eigenvalue weighted by Crippen LogP contribution is 2.42. The van der Waals surface area contributed by atoms with Gasteiger partial charge in [-0.25, -0.2) is 4.99 Å². The molecular weight excluding hydrogens is 600 g/mol. The highest BCUT2D eigenvalue weighted by atomic mass is 127. The first kappa shape index (κ1) is 19.3. The molecule has 2 heterocycles. The van der Waals surface area contributed by atoms with E-state index in [1.54, 1.807) is 23.5 Å². The van der Waals surface area contributed by atoms with E-state index in [0.29, 0.717) is 0 Å². The number of hydrogen-bond donors (Lipinski definition) is 1. The van der Waals surface area contributed by atoms with Crippen LogP contribution >= 0.6 is 56.5 Å². The topological polar surface area (TPSA) is 49.7 Å². The SMILES string of the molecule is C=CC[Si]1(C)C2=C(c3sc(I)cc3I)C(=O)C=CC2=Nc2ccc(O)cc21. The van der Waals surface area contributed by atoms with Crippen molar-refractivity contribution in [3.63, 3.8) is 0 Å². The van der Waals surface area contributed by atoms with Gasteiger partial charge in [-0.3, -0.25) is 4.79 Å². The molecule has 1 aliphatic heterocycles. The molecule has 2 aromatic rings. The lowest BCUT2D eigenvalue weighted by Gasteiger charge is -2.37. The Labute approximate surface area is 189 Å². The molecule has 3 nitrogen and oxygen atoms in total. The van der Waals surface area contributed by atoms with Crippen LogP contribution in [0.1, 0.15) is 4.88 Å². The van der Waals surface area contributed by atoms with E-state index < -0.39 is 8.07 Å². The van der Waals surface area contributed by atoms with Crippen molar-refractivity contribution in [1.82, 2.24) is 0 Å². The average Bonchev–Trinajstić information content (AvgIpc) is 2.95. The van der Waals surface area contributed by atoms with E-state index in [4.69, 9.17) is 4.99 Å². The molecule has 1 N–H and O–H groups in total. The number of rotatable bonds is 3. The fraction of sp³-hybridized carbons (Fsp3) is 0.100. The van der Waals surface area contributed by atoms with Gasteiger partial charge in [-0.1, -0.05) is 12.6 Å². The molecule has 0 saturated heterocycles. The number of phenolic OH excluding ortho intramolecular Hbond substituents is 1. The predicted molar refractivity (Wildman–Crippen MR) is 132 cm³/mol. The molecule has 7 heteroatoms. The summed E-state index contributed by atoms with van der Waals surface area (Å²) in [4.78, 5) is 18.9. The fourth-order valence-corrected chi connectivity index (χ4v) is 11.4. The van der Waals surface area contributed by atoms with Crippen LogP contribution in [0.4, 0.5) is 5.69 Å². The molecule has 0 spiro atoms. The Balaban J connectivity index is 2.11. The predicted octanol–water partition coefficient (Wildman–Crippen LogP) is 5.35. The van der Waals surface area contributed by atoms with E-state index >= 15 is 0 Å². The highest BCUT2D eigenvalue weighted by molar-refractivity contribution is 14.1. The summed E-state index contributed by atoms with van der Waals surface area (Å²) in [7, 11) is -2.35. The van der Waals surface area contributed by atoms with Crippen molar-refractivity contribution in [2.45, 2.75) is 12.6 Å². The van der Waals surface area contributed by atoms with E-state index in [1.165, 1.54) is 0 Å². The van der Waals surface area contributed by atoms with E-state index in [-0.39, 0.29) is 11.5 Å². The summed E-state index contributed by atoms with van der Waals surface area (Å²) in [5.74, 6) is 0.266. The summed E-state index contributed by atoms with van der Waals surface area (Å²) >= 11 is 6.25. The molecule has 1 aliphatic carbocycles. The molecule has 27 heavy (non-hydrogen) atoms. The lowest BCUT2D eigenvalue weighted by Crippen LogP contribution is -2.52. The van der Waals surface area contributed by atoms with Gasteiger partial charge >= 0.3 is 0 Å². The zero-order chi connectivity index (χ0) is 19.3. The quantitative estimate of drug-likeness (QED) is 0.219. The van der Waals surface area contributed by atoms with E-state index in [2.05, 4.69) is 64.4 Å². The fourth-order valence-electron chi connectivity index (χ4n) is 3.79. The lowest BCUT2D eigenvalue weighted by molar-refractivity contribution is -0.109. The Morgan fingerprint density at radius 3 is 2.74 bits per heavy atom. The molecule has 0 saturated carbocycles. The van der Waals surface area contributed by atoms with Crippen LogP contribution in [0.15, 0.2) is 59.3 Å².